The highest BCUT2D eigenvalue weighted by Gasteiger charge is 2.25. The molecule has 2 atom stereocenters. The molecule has 0 bridgehead atoms. The Hall–Kier alpha value is 0.310. The first-order chi connectivity index (χ1) is 4.20. The maximum Gasteiger partial charge on any atom is 0.0628 e. The number of aliphatic hydroxyl groups is 1. The van der Waals surface area contributed by atoms with Gasteiger partial charge in [-0.2, -0.15) is 11.8 Å². The van der Waals surface area contributed by atoms with Crippen molar-refractivity contribution < 1.29 is 5.11 Å². The first-order valence-electron chi connectivity index (χ1n) is 3.53. The highest BCUT2D eigenvalue weighted by atomic mass is 32.2. The molecule has 0 saturated heterocycles. The Morgan fingerprint density at radius 1 is 1.44 bits per heavy atom. The maximum atomic E-state index is 9.08. The van der Waals surface area contributed by atoms with E-state index in [1.807, 2.05) is 18.7 Å². The normalized spacial score (nSPS) is 25.7. The van der Waals surface area contributed by atoms with Crippen LogP contribution < -0.4 is 0 Å². The molecule has 0 spiro atoms. The van der Waals surface area contributed by atoms with Gasteiger partial charge in [0.15, 0.2) is 0 Å². The van der Waals surface area contributed by atoms with Crippen molar-refractivity contribution in [1.29, 1.82) is 0 Å². The molecule has 1 saturated carbocycles. The second kappa shape index (κ2) is 2.93. The van der Waals surface area contributed by atoms with Crippen molar-refractivity contribution >= 4 is 11.8 Å². The lowest BCUT2D eigenvalue weighted by Gasteiger charge is -2.12. The zero-order valence-electron chi connectivity index (χ0n) is 6.00. The third-order valence-corrected chi connectivity index (χ3v) is 3.29. The van der Waals surface area contributed by atoms with Gasteiger partial charge in [-0.05, 0) is 19.8 Å². The molecule has 2 heteroatoms. The van der Waals surface area contributed by atoms with Crippen LogP contribution in [0.4, 0.5) is 0 Å². The van der Waals surface area contributed by atoms with E-state index in [0.29, 0.717) is 5.25 Å². The predicted molar refractivity (Wildman–Crippen MR) is 41.8 cm³/mol. The van der Waals surface area contributed by atoms with Crippen LogP contribution in [0.5, 0.6) is 0 Å². The molecule has 0 heterocycles. The van der Waals surface area contributed by atoms with E-state index >= 15 is 0 Å². The molecule has 1 aliphatic rings. The van der Waals surface area contributed by atoms with Crippen LogP contribution in [0, 0.1) is 0 Å². The van der Waals surface area contributed by atoms with E-state index in [9.17, 15) is 0 Å². The minimum Gasteiger partial charge on any atom is -0.392 e. The lowest BCUT2D eigenvalue weighted by molar-refractivity contribution is 0.196. The molecule has 0 aliphatic heterocycles. The molecular weight excluding hydrogens is 132 g/mol. The summed E-state index contributed by atoms with van der Waals surface area (Å²) in [4.78, 5) is 0. The average Bonchev–Trinajstić information content (AvgIpc) is 2.50. The first-order valence-corrected chi connectivity index (χ1v) is 4.48. The van der Waals surface area contributed by atoms with Crippen LogP contribution in [0.3, 0.4) is 0 Å². The molecule has 54 valence electrons. The molecular formula is C7H14OS. The van der Waals surface area contributed by atoms with E-state index in [0.717, 1.165) is 5.25 Å². The molecule has 1 fully saturated rings. The fourth-order valence-electron chi connectivity index (χ4n) is 0.621. The highest BCUT2D eigenvalue weighted by Crippen LogP contribution is 2.37. The molecule has 0 aromatic heterocycles. The molecule has 1 aliphatic carbocycles. The summed E-state index contributed by atoms with van der Waals surface area (Å²) in [6.07, 6.45) is 2.58. The van der Waals surface area contributed by atoms with Crippen molar-refractivity contribution in [2.75, 3.05) is 0 Å². The summed E-state index contributed by atoms with van der Waals surface area (Å²) in [5.41, 5.74) is 0. The van der Waals surface area contributed by atoms with Gasteiger partial charge in [0.2, 0.25) is 0 Å². The van der Waals surface area contributed by atoms with Crippen LogP contribution in [0.2, 0.25) is 0 Å². The van der Waals surface area contributed by atoms with Gasteiger partial charge in [-0.3, -0.25) is 0 Å². The highest BCUT2D eigenvalue weighted by molar-refractivity contribution is 8.00. The maximum absolute atomic E-state index is 9.08. The lowest BCUT2D eigenvalue weighted by atomic mass is 10.3. The van der Waals surface area contributed by atoms with Crippen molar-refractivity contribution in [3.05, 3.63) is 0 Å². The third kappa shape index (κ3) is 2.59. The molecule has 1 nitrogen and oxygen atoms in total. The minimum atomic E-state index is -0.143. The quantitative estimate of drug-likeness (QED) is 0.653. The Bertz CT molecular complexity index is 88.9. The molecule has 1 N–H and O–H groups in total. The van der Waals surface area contributed by atoms with E-state index in [1.54, 1.807) is 0 Å². The van der Waals surface area contributed by atoms with Crippen LogP contribution in [-0.4, -0.2) is 21.7 Å². The molecule has 1 rings (SSSR count). The minimum absolute atomic E-state index is 0.143. The van der Waals surface area contributed by atoms with Gasteiger partial charge >= 0.3 is 0 Å². The predicted octanol–water partition coefficient (Wildman–Crippen LogP) is 1.65. The lowest BCUT2D eigenvalue weighted by Crippen LogP contribution is -2.15. The van der Waals surface area contributed by atoms with Crippen LogP contribution in [0.25, 0.3) is 0 Å². The monoisotopic (exact) mass is 146 g/mol. The summed E-state index contributed by atoms with van der Waals surface area (Å²) in [7, 11) is 0. The largest absolute Gasteiger partial charge is 0.392 e. The van der Waals surface area contributed by atoms with Crippen molar-refractivity contribution in [2.45, 2.75) is 43.3 Å². The van der Waals surface area contributed by atoms with Gasteiger partial charge in [-0.1, -0.05) is 6.92 Å². The van der Waals surface area contributed by atoms with E-state index in [-0.39, 0.29) is 6.10 Å². The fraction of sp³-hybridized carbons (Fsp3) is 1.00. The summed E-state index contributed by atoms with van der Waals surface area (Å²) in [5.74, 6) is 0. The third-order valence-electron chi connectivity index (χ3n) is 1.61. The first kappa shape index (κ1) is 7.42. The molecule has 0 radical (unpaired) electrons. The topological polar surface area (TPSA) is 20.2 Å². The van der Waals surface area contributed by atoms with Gasteiger partial charge in [0.25, 0.3) is 0 Å². The van der Waals surface area contributed by atoms with Gasteiger partial charge in [-0.15, -0.1) is 0 Å². The number of hydrogen-bond donors (Lipinski definition) is 1. The smallest absolute Gasteiger partial charge is 0.0628 e. The number of rotatable bonds is 3. The van der Waals surface area contributed by atoms with E-state index in [4.69, 9.17) is 5.11 Å². The number of thioether (sulfide) groups is 1. The fourth-order valence-corrected chi connectivity index (χ4v) is 1.86. The van der Waals surface area contributed by atoms with E-state index < -0.39 is 0 Å². The number of aliphatic hydroxyl groups excluding tert-OH is 1. The Kier molecular flexibility index (Phi) is 2.42. The molecule has 9 heavy (non-hydrogen) atoms. The van der Waals surface area contributed by atoms with Crippen LogP contribution in [0.1, 0.15) is 26.7 Å². The van der Waals surface area contributed by atoms with Gasteiger partial charge < -0.3 is 5.11 Å². The standard InChI is InChI=1S/C7H14OS/c1-5(8)6(2)9-7-3-4-7/h5-8H,3-4H2,1-2H3. The van der Waals surface area contributed by atoms with Crippen LogP contribution in [0.15, 0.2) is 0 Å². The SMILES string of the molecule is CC(O)C(C)SC1CC1. The van der Waals surface area contributed by atoms with Gasteiger partial charge in [-0.25, -0.2) is 0 Å². The summed E-state index contributed by atoms with van der Waals surface area (Å²) in [5, 5.41) is 10.4. The van der Waals surface area contributed by atoms with Crippen molar-refractivity contribution in [3.63, 3.8) is 0 Å². The Morgan fingerprint density at radius 3 is 2.33 bits per heavy atom. The Labute approximate surface area is 60.8 Å². The van der Waals surface area contributed by atoms with Crippen molar-refractivity contribution in [3.8, 4) is 0 Å². The molecule has 0 aromatic rings. The Morgan fingerprint density at radius 2 is 2.00 bits per heavy atom. The van der Waals surface area contributed by atoms with Crippen molar-refractivity contribution in [1.82, 2.24) is 0 Å². The summed E-state index contributed by atoms with van der Waals surface area (Å²) in [6, 6.07) is 0. The van der Waals surface area contributed by atoms with Crippen LogP contribution >= 0.6 is 11.8 Å². The summed E-state index contributed by atoms with van der Waals surface area (Å²) in [6.45, 7) is 3.95. The second-order valence-corrected chi connectivity index (χ2v) is 4.46. The Balaban J connectivity index is 2.09. The molecule has 0 amide bonds. The van der Waals surface area contributed by atoms with Gasteiger partial charge in [0.05, 0.1) is 6.10 Å². The molecule has 2 unspecified atom stereocenters. The molecule has 0 aromatic carbocycles. The summed E-state index contributed by atoms with van der Waals surface area (Å²) >= 11 is 1.92. The van der Waals surface area contributed by atoms with Crippen LogP contribution in [-0.2, 0) is 0 Å². The van der Waals surface area contributed by atoms with E-state index in [2.05, 4.69) is 6.92 Å². The zero-order chi connectivity index (χ0) is 6.85. The van der Waals surface area contributed by atoms with E-state index in [1.165, 1.54) is 12.8 Å². The second-order valence-electron chi connectivity index (χ2n) is 2.78. The average molecular weight is 146 g/mol. The van der Waals surface area contributed by atoms with Crippen molar-refractivity contribution in [2.24, 2.45) is 0 Å². The number of hydrogen-bond acceptors (Lipinski definition) is 2. The summed E-state index contributed by atoms with van der Waals surface area (Å²) < 4.78 is 0. The van der Waals surface area contributed by atoms with Gasteiger partial charge in [0, 0.05) is 10.5 Å². The van der Waals surface area contributed by atoms with Gasteiger partial charge in [0.1, 0.15) is 0 Å². The zero-order valence-corrected chi connectivity index (χ0v) is 6.82.